The molecule has 2 aromatic rings. The second kappa shape index (κ2) is 5.93. The summed E-state index contributed by atoms with van der Waals surface area (Å²) in [5.74, 6) is 0.0801. The lowest BCUT2D eigenvalue weighted by Crippen LogP contribution is -2.46. The molecular formula is C17H22N4O. The Balaban J connectivity index is 1.97. The number of amides is 1. The zero-order valence-corrected chi connectivity index (χ0v) is 13.4. The third-order valence-electron chi connectivity index (χ3n) is 4.30. The van der Waals surface area contributed by atoms with Gasteiger partial charge in [-0.25, -0.2) is 4.68 Å². The second-order valence-corrected chi connectivity index (χ2v) is 5.84. The maximum Gasteiger partial charge on any atom is 0.257 e. The van der Waals surface area contributed by atoms with Gasteiger partial charge in [-0.1, -0.05) is 18.2 Å². The van der Waals surface area contributed by atoms with Gasteiger partial charge in [0.1, 0.15) is 0 Å². The van der Waals surface area contributed by atoms with Gasteiger partial charge in [0, 0.05) is 26.2 Å². The van der Waals surface area contributed by atoms with Crippen LogP contribution in [0.25, 0.3) is 5.69 Å². The minimum atomic E-state index is 0.0801. The maximum absolute atomic E-state index is 12.7. The Bertz CT molecular complexity index is 678. The molecule has 22 heavy (non-hydrogen) atoms. The van der Waals surface area contributed by atoms with Crippen LogP contribution in [0.5, 0.6) is 0 Å². The van der Waals surface area contributed by atoms with Gasteiger partial charge in [-0.3, -0.25) is 4.79 Å². The summed E-state index contributed by atoms with van der Waals surface area (Å²) >= 11 is 0. The van der Waals surface area contributed by atoms with Crippen molar-refractivity contribution in [3.63, 3.8) is 0 Å². The van der Waals surface area contributed by atoms with Gasteiger partial charge in [-0.15, -0.1) is 0 Å². The smallest absolute Gasteiger partial charge is 0.257 e. The highest BCUT2D eigenvalue weighted by Crippen LogP contribution is 2.22. The van der Waals surface area contributed by atoms with E-state index < -0.39 is 0 Å². The number of carbonyl (C=O) groups excluding carboxylic acids is 1. The monoisotopic (exact) mass is 298 g/mol. The molecule has 1 aromatic heterocycles. The van der Waals surface area contributed by atoms with Crippen molar-refractivity contribution in [2.75, 3.05) is 26.2 Å². The Morgan fingerprint density at radius 1 is 1.14 bits per heavy atom. The van der Waals surface area contributed by atoms with E-state index in [-0.39, 0.29) is 5.91 Å². The molecule has 0 aliphatic carbocycles. The molecule has 0 spiro atoms. The molecular weight excluding hydrogens is 276 g/mol. The number of nitrogens with one attached hydrogen (secondary N) is 1. The number of benzene rings is 1. The van der Waals surface area contributed by atoms with Gasteiger partial charge in [-0.2, -0.15) is 5.10 Å². The number of nitrogens with zero attached hydrogens (tertiary/aromatic N) is 3. The van der Waals surface area contributed by atoms with Gasteiger partial charge in [-0.05, 0) is 31.9 Å². The van der Waals surface area contributed by atoms with Crippen LogP contribution < -0.4 is 5.32 Å². The summed E-state index contributed by atoms with van der Waals surface area (Å²) < 4.78 is 1.89. The van der Waals surface area contributed by atoms with Crippen LogP contribution in [-0.4, -0.2) is 46.8 Å². The van der Waals surface area contributed by atoms with Crippen molar-refractivity contribution in [3.05, 3.63) is 46.8 Å². The highest BCUT2D eigenvalue weighted by Gasteiger charge is 2.23. The Morgan fingerprint density at radius 2 is 1.77 bits per heavy atom. The molecule has 0 bridgehead atoms. The molecule has 5 nitrogen and oxygen atoms in total. The van der Waals surface area contributed by atoms with Crippen molar-refractivity contribution >= 4 is 5.91 Å². The second-order valence-electron chi connectivity index (χ2n) is 5.84. The van der Waals surface area contributed by atoms with Gasteiger partial charge in [0.05, 0.1) is 23.1 Å². The van der Waals surface area contributed by atoms with Crippen molar-refractivity contribution in [1.82, 2.24) is 20.0 Å². The lowest BCUT2D eigenvalue weighted by Gasteiger charge is -2.27. The lowest BCUT2D eigenvalue weighted by atomic mass is 10.1. The lowest BCUT2D eigenvalue weighted by molar-refractivity contribution is 0.0735. The predicted octanol–water partition coefficient (Wildman–Crippen LogP) is 1.84. The molecule has 1 aliphatic heterocycles. The maximum atomic E-state index is 12.7. The fourth-order valence-corrected chi connectivity index (χ4v) is 3.02. The SMILES string of the molecule is Cc1cccc(C)c1-n1ncc(C(=O)N2CCNCC2)c1C. The number of hydrogen-bond acceptors (Lipinski definition) is 3. The van der Waals surface area contributed by atoms with Crippen LogP contribution in [0.4, 0.5) is 0 Å². The highest BCUT2D eigenvalue weighted by molar-refractivity contribution is 5.95. The summed E-state index contributed by atoms with van der Waals surface area (Å²) in [6, 6.07) is 6.18. The van der Waals surface area contributed by atoms with Crippen molar-refractivity contribution < 1.29 is 4.79 Å². The Labute approximate surface area is 130 Å². The Hall–Kier alpha value is -2.14. The molecule has 1 amide bonds. The molecule has 5 heteroatoms. The first-order valence-corrected chi connectivity index (χ1v) is 7.71. The van der Waals surface area contributed by atoms with E-state index >= 15 is 0 Å². The third-order valence-corrected chi connectivity index (χ3v) is 4.30. The van der Waals surface area contributed by atoms with E-state index in [0.29, 0.717) is 5.56 Å². The molecule has 1 aliphatic rings. The number of para-hydroxylation sites is 1. The minimum absolute atomic E-state index is 0.0801. The first kappa shape index (κ1) is 14.8. The number of aromatic nitrogens is 2. The summed E-state index contributed by atoms with van der Waals surface area (Å²) in [5.41, 5.74) is 4.99. The quantitative estimate of drug-likeness (QED) is 0.920. The fraction of sp³-hybridized carbons (Fsp3) is 0.412. The van der Waals surface area contributed by atoms with Crippen molar-refractivity contribution in [2.45, 2.75) is 20.8 Å². The fourth-order valence-electron chi connectivity index (χ4n) is 3.02. The summed E-state index contributed by atoms with van der Waals surface area (Å²) in [6.07, 6.45) is 1.70. The van der Waals surface area contributed by atoms with Crippen LogP contribution in [0.1, 0.15) is 27.2 Å². The van der Waals surface area contributed by atoms with Crippen molar-refractivity contribution in [1.29, 1.82) is 0 Å². The van der Waals surface area contributed by atoms with E-state index in [1.54, 1.807) is 6.20 Å². The normalized spacial score (nSPS) is 15.1. The summed E-state index contributed by atoms with van der Waals surface area (Å²) in [4.78, 5) is 14.6. The van der Waals surface area contributed by atoms with Crippen LogP contribution in [0.2, 0.25) is 0 Å². The minimum Gasteiger partial charge on any atom is -0.336 e. The van der Waals surface area contributed by atoms with Crippen LogP contribution in [0, 0.1) is 20.8 Å². The summed E-state index contributed by atoms with van der Waals surface area (Å²) in [7, 11) is 0. The molecule has 2 heterocycles. The van der Waals surface area contributed by atoms with Gasteiger partial charge >= 0.3 is 0 Å². The van der Waals surface area contributed by atoms with E-state index in [4.69, 9.17) is 0 Å². The molecule has 1 saturated heterocycles. The van der Waals surface area contributed by atoms with E-state index in [2.05, 4.69) is 36.4 Å². The molecule has 1 aromatic carbocycles. The molecule has 0 atom stereocenters. The number of piperazine rings is 1. The number of carbonyl (C=O) groups is 1. The van der Waals surface area contributed by atoms with E-state index in [1.165, 1.54) is 0 Å². The first-order valence-electron chi connectivity index (χ1n) is 7.71. The standard InChI is InChI=1S/C17H22N4O/c1-12-5-4-6-13(2)16(12)21-14(3)15(11-19-21)17(22)20-9-7-18-8-10-20/h4-6,11,18H,7-10H2,1-3H3. The van der Waals surface area contributed by atoms with Gasteiger partial charge < -0.3 is 10.2 Å². The van der Waals surface area contributed by atoms with Crippen molar-refractivity contribution in [3.8, 4) is 5.69 Å². The van der Waals surface area contributed by atoms with Crippen LogP contribution in [0.15, 0.2) is 24.4 Å². The van der Waals surface area contributed by atoms with E-state index in [1.807, 2.05) is 22.6 Å². The molecule has 0 saturated carbocycles. The van der Waals surface area contributed by atoms with Crippen molar-refractivity contribution in [2.24, 2.45) is 0 Å². The predicted molar refractivity (Wildman–Crippen MR) is 86.5 cm³/mol. The zero-order valence-electron chi connectivity index (χ0n) is 13.4. The van der Waals surface area contributed by atoms with Gasteiger partial charge in [0.2, 0.25) is 0 Å². The molecule has 0 unspecified atom stereocenters. The molecule has 3 rings (SSSR count). The third kappa shape index (κ3) is 2.52. The van der Waals surface area contributed by atoms with Crippen LogP contribution in [-0.2, 0) is 0 Å². The molecule has 1 fully saturated rings. The van der Waals surface area contributed by atoms with Crippen LogP contribution >= 0.6 is 0 Å². The summed E-state index contributed by atoms with van der Waals surface area (Å²) in [5, 5.41) is 7.74. The Morgan fingerprint density at radius 3 is 2.41 bits per heavy atom. The zero-order chi connectivity index (χ0) is 15.7. The molecule has 116 valence electrons. The average Bonchev–Trinajstić information content (AvgIpc) is 2.89. The van der Waals surface area contributed by atoms with Crippen LogP contribution in [0.3, 0.4) is 0 Å². The first-order chi connectivity index (χ1) is 10.6. The molecule has 0 radical (unpaired) electrons. The average molecular weight is 298 g/mol. The highest BCUT2D eigenvalue weighted by atomic mass is 16.2. The molecule has 1 N–H and O–H groups in total. The summed E-state index contributed by atoms with van der Waals surface area (Å²) in [6.45, 7) is 9.34. The number of rotatable bonds is 2. The van der Waals surface area contributed by atoms with Gasteiger partial charge in [0.25, 0.3) is 5.91 Å². The number of hydrogen-bond donors (Lipinski definition) is 1. The van der Waals surface area contributed by atoms with E-state index in [9.17, 15) is 4.79 Å². The number of aryl methyl sites for hydroxylation is 2. The van der Waals surface area contributed by atoms with Gasteiger partial charge in [0.15, 0.2) is 0 Å². The topological polar surface area (TPSA) is 50.2 Å². The Kier molecular flexibility index (Phi) is 3.98. The largest absolute Gasteiger partial charge is 0.336 e. The van der Waals surface area contributed by atoms with E-state index in [0.717, 1.165) is 48.7 Å².